The summed E-state index contributed by atoms with van der Waals surface area (Å²) >= 11 is 0. The zero-order chi connectivity index (χ0) is 11.1. The topological polar surface area (TPSA) is 83.8 Å². The molecule has 0 atom stereocenters. The van der Waals surface area contributed by atoms with Gasteiger partial charge in [-0.25, -0.2) is 0 Å². The number of unbranched alkanes of at least 4 members (excludes halogenated alkanes) is 2. The molecule has 0 fully saturated rings. The smallest absolute Gasteiger partial charge is 0.225 e. The van der Waals surface area contributed by atoms with Crippen LogP contribution >= 0.6 is 0 Å². The van der Waals surface area contributed by atoms with E-state index in [2.05, 4.69) is 15.5 Å². The lowest BCUT2D eigenvalue weighted by molar-refractivity contribution is -0.116. The van der Waals surface area contributed by atoms with Crippen molar-refractivity contribution in [3.05, 3.63) is 11.8 Å². The van der Waals surface area contributed by atoms with E-state index >= 15 is 0 Å². The molecule has 0 aliphatic carbocycles. The zero-order valence-electron chi connectivity index (χ0n) is 9.05. The van der Waals surface area contributed by atoms with Crippen molar-refractivity contribution in [1.82, 2.24) is 10.2 Å². The second-order valence-corrected chi connectivity index (χ2v) is 3.58. The number of anilines is 1. The molecule has 4 N–H and O–H groups in total. The number of rotatable bonds is 6. The highest BCUT2D eigenvalue weighted by Gasteiger charge is 2.05. The van der Waals surface area contributed by atoms with Crippen molar-refractivity contribution in [2.45, 2.75) is 32.6 Å². The number of amides is 1. The normalized spacial score (nSPS) is 10.3. The molecule has 1 aromatic heterocycles. The Morgan fingerprint density at radius 1 is 1.53 bits per heavy atom. The van der Waals surface area contributed by atoms with E-state index in [-0.39, 0.29) is 5.91 Å². The van der Waals surface area contributed by atoms with Crippen molar-refractivity contribution < 1.29 is 4.79 Å². The van der Waals surface area contributed by atoms with E-state index in [0.717, 1.165) is 24.8 Å². The summed E-state index contributed by atoms with van der Waals surface area (Å²) in [4.78, 5) is 11.4. The number of aryl methyl sites for hydroxylation is 1. The molecule has 0 saturated carbocycles. The van der Waals surface area contributed by atoms with Crippen molar-refractivity contribution in [3.63, 3.8) is 0 Å². The molecular weight excluding hydrogens is 192 g/mol. The van der Waals surface area contributed by atoms with E-state index < -0.39 is 0 Å². The molecule has 0 aliphatic heterocycles. The molecule has 1 heterocycles. The number of carbonyl (C=O) groups is 1. The van der Waals surface area contributed by atoms with E-state index in [4.69, 9.17) is 5.73 Å². The minimum atomic E-state index is 0.0272. The molecule has 0 spiro atoms. The molecule has 0 bridgehead atoms. The molecule has 5 heteroatoms. The number of nitrogens with two attached hydrogens (primary N) is 1. The third-order valence-electron chi connectivity index (χ3n) is 2.20. The lowest BCUT2D eigenvalue weighted by Gasteiger charge is -2.03. The van der Waals surface area contributed by atoms with Crippen LogP contribution in [-0.4, -0.2) is 22.6 Å². The third kappa shape index (κ3) is 4.12. The van der Waals surface area contributed by atoms with Gasteiger partial charge in [-0.15, -0.1) is 0 Å². The van der Waals surface area contributed by atoms with Crippen LogP contribution in [-0.2, 0) is 4.79 Å². The average Bonchev–Trinajstić information content (AvgIpc) is 2.59. The van der Waals surface area contributed by atoms with Crippen LogP contribution in [0.5, 0.6) is 0 Å². The molecule has 1 rings (SSSR count). The molecule has 0 radical (unpaired) electrons. The Balaban J connectivity index is 2.22. The Morgan fingerprint density at radius 2 is 2.33 bits per heavy atom. The van der Waals surface area contributed by atoms with Gasteiger partial charge in [-0.3, -0.25) is 9.89 Å². The summed E-state index contributed by atoms with van der Waals surface area (Å²) in [5.41, 5.74) is 6.31. The van der Waals surface area contributed by atoms with Crippen LogP contribution in [0.4, 0.5) is 5.82 Å². The first kappa shape index (κ1) is 11.7. The van der Waals surface area contributed by atoms with Gasteiger partial charge in [0.2, 0.25) is 5.91 Å². The average molecular weight is 210 g/mol. The first-order valence-electron chi connectivity index (χ1n) is 5.24. The quantitative estimate of drug-likeness (QED) is 0.616. The minimum Gasteiger partial charge on any atom is -0.330 e. The highest BCUT2D eigenvalue weighted by molar-refractivity contribution is 5.90. The molecule has 0 aliphatic rings. The Bertz CT molecular complexity index is 308. The Hall–Kier alpha value is -1.36. The summed E-state index contributed by atoms with van der Waals surface area (Å²) in [5, 5.41) is 9.34. The molecule has 1 amide bonds. The van der Waals surface area contributed by atoms with Gasteiger partial charge in [-0.05, 0) is 26.3 Å². The number of carbonyl (C=O) groups excluding carboxylic acids is 1. The molecule has 0 aromatic carbocycles. The Labute approximate surface area is 89.4 Å². The molecule has 15 heavy (non-hydrogen) atoms. The molecular formula is C10H18N4O. The van der Waals surface area contributed by atoms with Gasteiger partial charge in [0, 0.05) is 12.0 Å². The largest absolute Gasteiger partial charge is 0.330 e. The van der Waals surface area contributed by atoms with Gasteiger partial charge in [0.15, 0.2) is 0 Å². The predicted molar refractivity (Wildman–Crippen MR) is 59.5 cm³/mol. The van der Waals surface area contributed by atoms with Crippen molar-refractivity contribution in [2.75, 3.05) is 11.9 Å². The fraction of sp³-hybridized carbons (Fsp3) is 0.600. The van der Waals surface area contributed by atoms with Gasteiger partial charge >= 0.3 is 0 Å². The fourth-order valence-corrected chi connectivity index (χ4v) is 1.28. The SMILES string of the molecule is Cc1cn[nH]c1NC(=O)CCCCCN. The van der Waals surface area contributed by atoms with Crippen molar-refractivity contribution in [1.29, 1.82) is 0 Å². The van der Waals surface area contributed by atoms with Crippen LogP contribution in [0.2, 0.25) is 0 Å². The van der Waals surface area contributed by atoms with Crippen molar-refractivity contribution >= 4 is 11.7 Å². The minimum absolute atomic E-state index is 0.0272. The van der Waals surface area contributed by atoms with E-state index in [1.165, 1.54) is 0 Å². The van der Waals surface area contributed by atoms with E-state index in [1.807, 2.05) is 6.92 Å². The van der Waals surface area contributed by atoms with Crippen LogP contribution < -0.4 is 11.1 Å². The van der Waals surface area contributed by atoms with Crippen LogP contribution in [0.15, 0.2) is 6.20 Å². The number of nitrogens with zero attached hydrogens (tertiary/aromatic N) is 1. The van der Waals surface area contributed by atoms with Gasteiger partial charge in [0.1, 0.15) is 5.82 Å². The monoisotopic (exact) mass is 210 g/mol. The molecule has 0 saturated heterocycles. The van der Waals surface area contributed by atoms with Gasteiger partial charge in [-0.2, -0.15) is 5.10 Å². The summed E-state index contributed by atoms with van der Waals surface area (Å²) < 4.78 is 0. The summed E-state index contributed by atoms with van der Waals surface area (Å²) in [6.45, 7) is 2.59. The van der Waals surface area contributed by atoms with E-state index in [1.54, 1.807) is 6.20 Å². The number of nitrogens with one attached hydrogen (secondary N) is 2. The van der Waals surface area contributed by atoms with E-state index in [9.17, 15) is 4.79 Å². The highest BCUT2D eigenvalue weighted by Crippen LogP contribution is 2.09. The standard InChI is InChI=1S/C10H18N4O/c1-8-7-12-14-10(8)13-9(15)5-3-2-4-6-11/h7H,2-6,11H2,1H3,(H2,12,13,14,15). The maximum Gasteiger partial charge on any atom is 0.225 e. The van der Waals surface area contributed by atoms with Gasteiger partial charge < -0.3 is 11.1 Å². The van der Waals surface area contributed by atoms with Crippen LogP contribution in [0, 0.1) is 6.92 Å². The first-order chi connectivity index (χ1) is 7.24. The lowest BCUT2D eigenvalue weighted by Crippen LogP contribution is -2.12. The molecule has 5 nitrogen and oxygen atoms in total. The zero-order valence-corrected chi connectivity index (χ0v) is 9.05. The lowest BCUT2D eigenvalue weighted by atomic mass is 10.2. The summed E-state index contributed by atoms with van der Waals surface area (Å²) in [6.07, 6.45) is 5.10. The van der Waals surface area contributed by atoms with Crippen LogP contribution in [0.25, 0.3) is 0 Å². The van der Waals surface area contributed by atoms with Crippen LogP contribution in [0.1, 0.15) is 31.2 Å². The molecule has 0 unspecified atom stereocenters. The second-order valence-electron chi connectivity index (χ2n) is 3.58. The fourth-order valence-electron chi connectivity index (χ4n) is 1.28. The van der Waals surface area contributed by atoms with E-state index in [0.29, 0.717) is 18.8 Å². The number of H-pyrrole nitrogens is 1. The van der Waals surface area contributed by atoms with Gasteiger partial charge in [-0.1, -0.05) is 6.42 Å². The molecule has 1 aromatic rings. The highest BCUT2D eigenvalue weighted by atomic mass is 16.1. The Kier molecular flexibility index (Phi) is 4.83. The Morgan fingerprint density at radius 3 is 2.93 bits per heavy atom. The van der Waals surface area contributed by atoms with Gasteiger partial charge in [0.25, 0.3) is 0 Å². The second kappa shape index (κ2) is 6.19. The number of hydrogen-bond donors (Lipinski definition) is 3. The molecule has 84 valence electrons. The first-order valence-corrected chi connectivity index (χ1v) is 5.24. The van der Waals surface area contributed by atoms with Crippen LogP contribution in [0.3, 0.4) is 0 Å². The summed E-state index contributed by atoms with van der Waals surface area (Å²) in [7, 11) is 0. The third-order valence-corrected chi connectivity index (χ3v) is 2.20. The van der Waals surface area contributed by atoms with Crippen molar-refractivity contribution in [2.24, 2.45) is 5.73 Å². The summed E-state index contributed by atoms with van der Waals surface area (Å²) in [5.74, 6) is 0.721. The maximum atomic E-state index is 11.4. The number of hydrogen-bond acceptors (Lipinski definition) is 3. The predicted octanol–water partition coefficient (Wildman–Crippen LogP) is 1.18. The summed E-state index contributed by atoms with van der Waals surface area (Å²) in [6, 6.07) is 0. The maximum absolute atomic E-state index is 11.4. The van der Waals surface area contributed by atoms with Gasteiger partial charge in [0.05, 0.1) is 6.20 Å². The number of aromatic amines is 1. The number of aromatic nitrogens is 2. The van der Waals surface area contributed by atoms with Crippen molar-refractivity contribution in [3.8, 4) is 0 Å².